The molecule has 0 spiro atoms. The number of hydrogen-bond acceptors (Lipinski definition) is 7. The lowest BCUT2D eigenvalue weighted by molar-refractivity contribution is 0.0496. The topological polar surface area (TPSA) is 88.1 Å². The molecule has 0 heterocycles. The summed E-state index contributed by atoms with van der Waals surface area (Å²) in [4.78, 5) is 26.1. The summed E-state index contributed by atoms with van der Waals surface area (Å²) in [6.07, 6.45) is 46.7. The average Bonchev–Trinajstić information content (AvgIpc) is 3.24. The van der Waals surface area contributed by atoms with Gasteiger partial charge in [-0.15, -0.1) is 0 Å². The second-order valence-corrected chi connectivity index (χ2v) is 19.2. The van der Waals surface area contributed by atoms with E-state index in [-0.39, 0.29) is 16.4 Å². The summed E-state index contributed by atoms with van der Waals surface area (Å²) in [5, 5.41) is 0.125. The van der Waals surface area contributed by atoms with Crippen molar-refractivity contribution in [1.82, 2.24) is 0 Å². The lowest BCUT2D eigenvalue weighted by Gasteiger charge is -2.16. The van der Waals surface area contributed by atoms with Gasteiger partial charge in [0.2, 0.25) is 0 Å². The monoisotopic (exact) mass is 835 g/mol. The van der Waals surface area contributed by atoms with Crippen molar-refractivity contribution < 1.29 is 32.7 Å². The zero-order valence-corrected chi connectivity index (χ0v) is 39.3. The molecule has 7 nitrogen and oxygen atoms in total. The molecule has 0 unspecified atom stereocenters. The molecule has 0 aliphatic heterocycles. The summed E-state index contributed by atoms with van der Waals surface area (Å²) >= 11 is 0. The Balaban J connectivity index is 2.23. The Hall–Kier alpha value is -1.69. The molecule has 0 atom stereocenters. The fourth-order valence-electron chi connectivity index (χ4n) is 7.79. The third kappa shape index (κ3) is 29.5. The molecule has 0 saturated carbocycles. The van der Waals surface area contributed by atoms with Crippen molar-refractivity contribution in [2.24, 2.45) is 0 Å². The summed E-state index contributed by atoms with van der Waals surface area (Å²) < 4.78 is 34.7. The van der Waals surface area contributed by atoms with E-state index in [2.05, 4.69) is 13.8 Å². The molecule has 0 fully saturated rings. The minimum Gasteiger partial charge on any atom is -0.462 e. The van der Waals surface area contributed by atoms with E-state index in [0.717, 1.165) is 38.5 Å². The number of carbonyl (C=O) groups is 2. The number of ether oxygens (including phenoxy) is 2. The van der Waals surface area contributed by atoms with Crippen LogP contribution in [0.1, 0.15) is 266 Å². The minimum atomic E-state index is -3.72. The fraction of sp³-hybridized carbons (Fsp3) is 0.840. The molecule has 0 aliphatic rings. The molecular weight excluding hydrogens is 744 g/mol. The van der Waals surface area contributed by atoms with E-state index in [1.165, 1.54) is 225 Å². The largest absolute Gasteiger partial charge is 0.462 e. The molecule has 0 radical (unpaired) electrons. The number of esters is 2. The Kier molecular flexibility index (Phi) is 36.9. The highest BCUT2D eigenvalue weighted by Crippen LogP contribution is 2.45. The van der Waals surface area contributed by atoms with Gasteiger partial charge >= 0.3 is 19.5 Å². The van der Waals surface area contributed by atoms with E-state index in [1.54, 1.807) is 0 Å². The Bertz CT molecular complexity index is 1070. The minimum absolute atomic E-state index is 0.125. The first-order chi connectivity index (χ1) is 28.4. The summed E-state index contributed by atoms with van der Waals surface area (Å²) in [7, 11) is -1.15. The van der Waals surface area contributed by atoms with Gasteiger partial charge < -0.3 is 18.5 Å². The maximum absolute atomic E-state index is 13.2. The molecule has 0 bridgehead atoms. The summed E-state index contributed by atoms with van der Waals surface area (Å²) in [5.74, 6) is -1.13. The van der Waals surface area contributed by atoms with Crippen LogP contribution in [-0.4, -0.2) is 39.4 Å². The van der Waals surface area contributed by atoms with E-state index in [9.17, 15) is 14.2 Å². The van der Waals surface area contributed by atoms with Gasteiger partial charge in [0.15, 0.2) is 0 Å². The fourth-order valence-corrected chi connectivity index (χ4v) is 8.96. The number of benzene rings is 1. The second kappa shape index (κ2) is 39.4. The molecule has 1 aromatic carbocycles. The van der Waals surface area contributed by atoms with Crippen LogP contribution in [0.4, 0.5) is 0 Å². The van der Waals surface area contributed by atoms with Crippen molar-refractivity contribution in [2.75, 3.05) is 27.4 Å². The number of hydrogen-bond donors (Lipinski definition) is 0. The highest BCUT2D eigenvalue weighted by molar-refractivity contribution is 7.62. The van der Waals surface area contributed by atoms with Crippen LogP contribution >= 0.6 is 7.60 Å². The van der Waals surface area contributed by atoms with Crippen LogP contribution in [0.25, 0.3) is 0 Å². The standard InChI is InChI=1S/C50H91O7P/c1-5-7-9-11-13-15-17-19-21-23-25-27-29-31-33-35-37-39-41-56-49(51)46-43-47(45-48(44-46)58(53,54-3)55-4)50(52)57-42-40-38-36-34-32-30-28-26-24-22-20-18-16-14-12-10-8-6-2/h43-45H,5-42H2,1-4H3. The van der Waals surface area contributed by atoms with Crippen LogP contribution in [0.3, 0.4) is 0 Å². The molecule has 0 N–H and O–H groups in total. The lowest BCUT2D eigenvalue weighted by atomic mass is 10.0. The van der Waals surface area contributed by atoms with Gasteiger partial charge in [0.05, 0.1) is 29.6 Å². The van der Waals surface area contributed by atoms with Crippen molar-refractivity contribution in [3.63, 3.8) is 0 Å². The Morgan fingerprint density at radius 2 is 0.603 bits per heavy atom. The highest BCUT2D eigenvalue weighted by atomic mass is 31.2. The van der Waals surface area contributed by atoms with Crippen LogP contribution in [0.15, 0.2) is 18.2 Å². The van der Waals surface area contributed by atoms with Crippen LogP contribution in [0, 0.1) is 0 Å². The molecule has 1 aromatic rings. The smallest absolute Gasteiger partial charge is 0.360 e. The Morgan fingerprint density at radius 1 is 0.379 bits per heavy atom. The number of carbonyl (C=O) groups excluding carboxylic acids is 2. The average molecular weight is 835 g/mol. The maximum Gasteiger partial charge on any atom is 0.360 e. The SMILES string of the molecule is CCCCCCCCCCCCCCCCCCCCOC(=O)c1cc(C(=O)OCCCCCCCCCCCCCCCCCCCC)cc(P(=O)(OC)OC)c1. The third-order valence-corrected chi connectivity index (χ3v) is 13.5. The summed E-state index contributed by atoms with van der Waals surface area (Å²) in [5.41, 5.74) is 0.267. The molecule has 338 valence electrons. The summed E-state index contributed by atoms with van der Waals surface area (Å²) in [6.45, 7) is 5.15. The van der Waals surface area contributed by atoms with Crippen molar-refractivity contribution in [3.05, 3.63) is 29.3 Å². The second-order valence-electron chi connectivity index (χ2n) is 16.9. The first kappa shape index (κ1) is 54.3. The molecule has 8 heteroatoms. The van der Waals surface area contributed by atoms with E-state index in [0.29, 0.717) is 13.2 Å². The highest BCUT2D eigenvalue weighted by Gasteiger charge is 2.28. The van der Waals surface area contributed by atoms with Gasteiger partial charge in [-0.2, -0.15) is 0 Å². The first-order valence-corrected chi connectivity index (χ1v) is 26.2. The molecule has 1 rings (SSSR count). The van der Waals surface area contributed by atoms with Gasteiger partial charge in [-0.1, -0.05) is 232 Å². The van der Waals surface area contributed by atoms with E-state index in [4.69, 9.17) is 18.5 Å². The maximum atomic E-state index is 13.2. The molecule has 0 amide bonds. The first-order valence-electron chi connectivity index (χ1n) is 24.6. The van der Waals surface area contributed by atoms with Gasteiger partial charge in [-0.25, -0.2) is 9.59 Å². The predicted octanol–water partition coefficient (Wildman–Crippen LogP) is 16.2. The zero-order valence-electron chi connectivity index (χ0n) is 38.4. The van der Waals surface area contributed by atoms with E-state index >= 15 is 0 Å². The molecule has 58 heavy (non-hydrogen) atoms. The molecule has 0 aliphatic carbocycles. The Labute approximate surface area is 358 Å². The van der Waals surface area contributed by atoms with E-state index in [1.807, 2.05) is 0 Å². The van der Waals surface area contributed by atoms with Gasteiger partial charge in [-0.3, -0.25) is 4.57 Å². The normalized spacial score (nSPS) is 11.7. The summed E-state index contributed by atoms with van der Waals surface area (Å²) in [6, 6.07) is 4.31. The Morgan fingerprint density at radius 3 is 0.828 bits per heavy atom. The van der Waals surface area contributed by atoms with Crippen molar-refractivity contribution in [2.45, 2.75) is 245 Å². The molecule has 0 aromatic heterocycles. The van der Waals surface area contributed by atoms with Crippen LogP contribution in [0.5, 0.6) is 0 Å². The van der Waals surface area contributed by atoms with Crippen LogP contribution < -0.4 is 5.30 Å². The van der Waals surface area contributed by atoms with Gasteiger partial charge in [-0.05, 0) is 31.0 Å². The van der Waals surface area contributed by atoms with Crippen molar-refractivity contribution >= 4 is 24.8 Å². The number of rotatable bonds is 43. The number of unbranched alkanes of at least 4 members (excludes halogenated alkanes) is 34. The van der Waals surface area contributed by atoms with Crippen molar-refractivity contribution in [1.29, 1.82) is 0 Å². The quantitative estimate of drug-likeness (QED) is 0.0368. The van der Waals surface area contributed by atoms with E-state index < -0.39 is 19.5 Å². The van der Waals surface area contributed by atoms with Crippen LogP contribution in [0.2, 0.25) is 0 Å². The van der Waals surface area contributed by atoms with Gasteiger partial charge in [0.25, 0.3) is 0 Å². The van der Waals surface area contributed by atoms with Crippen LogP contribution in [-0.2, 0) is 23.1 Å². The predicted molar refractivity (Wildman–Crippen MR) is 246 cm³/mol. The zero-order chi connectivity index (χ0) is 42.2. The third-order valence-electron chi connectivity index (χ3n) is 11.6. The van der Waals surface area contributed by atoms with Gasteiger partial charge in [0, 0.05) is 14.2 Å². The lowest BCUT2D eigenvalue weighted by Crippen LogP contribution is -2.17. The molecule has 0 saturated heterocycles. The van der Waals surface area contributed by atoms with Crippen molar-refractivity contribution in [3.8, 4) is 0 Å². The van der Waals surface area contributed by atoms with Gasteiger partial charge in [0.1, 0.15) is 0 Å². The molecular formula is C50H91O7P.